The van der Waals surface area contributed by atoms with Crippen molar-refractivity contribution in [2.24, 2.45) is 0 Å². The number of hydrogen-bond acceptors (Lipinski definition) is 2. The fourth-order valence-corrected chi connectivity index (χ4v) is 2.17. The number of nitrogens with zero attached hydrogens (tertiary/aromatic N) is 1. The van der Waals surface area contributed by atoms with E-state index in [1.165, 1.54) is 0 Å². The number of nitrogens with one attached hydrogen (secondary N) is 1. The third kappa shape index (κ3) is 1.93. The fourth-order valence-electron chi connectivity index (χ4n) is 1.84. The summed E-state index contributed by atoms with van der Waals surface area (Å²) in [6.45, 7) is 2.06. The highest BCUT2D eigenvalue weighted by atomic mass is 32.1. The molecule has 1 saturated heterocycles. The number of rotatable bonds is 3. The highest BCUT2D eigenvalue weighted by Crippen LogP contribution is 2.20. The van der Waals surface area contributed by atoms with Crippen LogP contribution in [-0.2, 0) is 4.79 Å². The zero-order valence-corrected chi connectivity index (χ0v) is 9.96. The van der Waals surface area contributed by atoms with Crippen LogP contribution in [0.15, 0.2) is 30.3 Å². The minimum atomic E-state index is -0.155. The molecule has 1 aliphatic rings. The van der Waals surface area contributed by atoms with Crippen molar-refractivity contribution >= 4 is 28.9 Å². The maximum Gasteiger partial charge on any atom is 0.255 e. The van der Waals surface area contributed by atoms with Crippen LogP contribution in [0.2, 0.25) is 0 Å². The van der Waals surface area contributed by atoms with Gasteiger partial charge in [-0.05, 0) is 30.8 Å². The zero-order valence-electron chi connectivity index (χ0n) is 9.14. The van der Waals surface area contributed by atoms with Crippen molar-refractivity contribution in [3.63, 3.8) is 0 Å². The van der Waals surface area contributed by atoms with Gasteiger partial charge in [-0.3, -0.25) is 9.69 Å². The van der Waals surface area contributed by atoms with Crippen LogP contribution < -0.4 is 10.2 Å². The van der Waals surface area contributed by atoms with Gasteiger partial charge in [-0.25, -0.2) is 0 Å². The SMILES string of the molecule is CCC[C@@H]1NC(=S)N(c2ccccc2)C1=O. The topological polar surface area (TPSA) is 32.3 Å². The molecule has 84 valence electrons. The molecule has 0 aliphatic carbocycles. The van der Waals surface area contributed by atoms with E-state index in [9.17, 15) is 4.79 Å². The number of benzene rings is 1. The van der Waals surface area contributed by atoms with Gasteiger partial charge in [-0.2, -0.15) is 0 Å². The van der Waals surface area contributed by atoms with E-state index in [0.29, 0.717) is 5.11 Å². The molecular formula is C12H14N2OS. The van der Waals surface area contributed by atoms with Crippen molar-refractivity contribution in [1.29, 1.82) is 0 Å². The van der Waals surface area contributed by atoms with Crippen molar-refractivity contribution in [3.8, 4) is 0 Å². The van der Waals surface area contributed by atoms with Crippen LogP contribution in [0.25, 0.3) is 0 Å². The predicted molar refractivity (Wildman–Crippen MR) is 68.4 cm³/mol. The Labute approximate surface area is 100 Å². The van der Waals surface area contributed by atoms with Crippen LogP contribution in [0.3, 0.4) is 0 Å². The van der Waals surface area contributed by atoms with Crippen molar-refractivity contribution in [1.82, 2.24) is 5.32 Å². The summed E-state index contributed by atoms with van der Waals surface area (Å²) in [5, 5.41) is 3.57. The van der Waals surface area contributed by atoms with Gasteiger partial charge in [-0.15, -0.1) is 0 Å². The van der Waals surface area contributed by atoms with Crippen LogP contribution in [0, 0.1) is 0 Å². The minimum Gasteiger partial charge on any atom is -0.350 e. The molecule has 1 heterocycles. The van der Waals surface area contributed by atoms with Crippen molar-refractivity contribution in [2.75, 3.05) is 4.90 Å². The maximum atomic E-state index is 12.1. The lowest BCUT2D eigenvalue weighted by Crippen LogP contribution is -2.31. The van der Waals surface area contributed by atoms with Crippen molar-refractivity contribution in [2.45, 2.75) is 25.8 Å². The monoisotopic (exact) mass is 234 g/mol. The highest BCUT2D eigenvalue weighted by Gasteiger charge is 2.35. The summed E-state index contributed by atoms with van der Waals surface area (Å²) in [5.41, 5.74) is 0.837. The van der Waals surface area contributed by atoms with Gasteiger partial charge < -0.3 is 5.32 Å². The normalized spacial score (nSPS) is 20.1. The largest absolute Gasteiger partial charge is 0.350 e. The molecule has 1 aromatic rings. The van der Waals surface area contributed by atoms with Crippen LogP contribution in [0.5, 0.6) is 0 Å². The van der Waals surface area contributed by atoms with Crippen LogP contribution >= 0.6 is 12.2 Å². The van der Waals surface area contributed by atoms with Gasteiger partial charge in [0, 0.05) is 0 Å². The Hall–Kier alpha value is -1.42. The third-order valence-electron chi connectivity index (χ3n) is 2.61. The average molecular weight is 234 g/mol. The predicted octanol–water partition coefficient (Wildman–Crippen LogP) is 2.08. The second kappa shape index (κ2) is 4.61. The maximum absolute atomic E-state index is 12.1. The number of hydrogen-bond donors (Lipinski definition) is 1. The molecular weight excluding hydrogens is 220 g/mol. The number of thiocarbonyl (C=S) groups is 1. The molecule has 3 nitrogen and oxygen atoms in total. The van der Waals surface area contributed by atoms with Crippen molar-refractivity contribution in [3.05, 3.63) is 30.3 Å². The molecule has 1 aromatic carbocycles. The Morgan fingerprint density at radius 2 is 2.06 bits per heavy atom. The first kappa shape index (κ1) is 11.1. The molecule has 0 aromatic heterocycles. The van der Waals surface area contributed by atoms with E-state index in [0.717, 1.165) is 18.5 Å². The molecule has 16 heavy (non-hydrogen) atoms. The lowest BCUT2D eigenvalue weighted by atomic mass is 10.1. The Balaban J connectivity index is 2.23. The van der Waals surface area contributed by atoms with E-state index < -0.39 is 0 Å². The summed E-state index contributed by atoms with van der Waals surface area (Å²) in [6.07, 6.45) is 1.79. The van der Waals surface area contributed by atoms with E-state index >= 15 is 0 Å². The van der Waals surface area contributed by atoms with E-state index in [2.05, 4.69) is 12.2 Å². The summed E-state index contributed by atoms with van der Waals surface area (Å²) in [7, 11) is 0. The number of carbonyl (C=O) groups is 1. The number of anilines is 1. The Kier molecular flexibility index (Phi) is 3.19. The second-order valence-electron chi connectivity index (χ2n) is 3.80. The Morgan fingerprint density at radius 3 is 2.69 bits per heavy atom. The lowest BCUT2D eigenvalue weighted by molar-refractivity contribution is -0.118. The quantitative estimate of drug-likeness (QED) is 0.813. The van der Waals surface area contributed by atoms with Gasteiger partial charge in [0.15, 0.2) is 5.11 Å². The van der Waals surface area contributed by atoms with E-state index in [1.807, 2.05) is 30.3 Å². The summed E-state index contributed by atoms with van der Waals surface area (Å²) >= 11 is 5.18. The molecule has 2 rings (SSSR count). The molecule has 0 saturated carbocycles. The van der Waals surface area contributed by atoms with Gasteiger partial charge >= 0.3 is 0 Å². The van der Waals surface area contributed by atoms with Gasteiger partial charge in [0.2, 0.25) is 0 Å². The number of para-hydroxylation sites is 1. The zero-order chi connectivity index (χ0) is 11.5. The summed E-state index contributed by atoms with van der Waals surface area (Å²) in [4.78, 5) is 13.7. The fraction of sp³-hybridized carbons (Fsp3) is 0.333. The molecule has 1 fully saturated rings. The van der Waals surface area contributed by atoms with Crippen LogP contribution in [0.4, 0.5) is 5.69 Å². The second-order valence-corrected chi connectivity index (χ2v) is 4.19. The summed E-state index contributed by atoms with van der Waals surface area (Å²) in [6, 6.07) is 9.35. The molecule has 0 bridgehead atoms. The highest BCUT2D eigenvalue weighted by molar-refractivity contribution is 7.80. The minimum absolute atomic E-state index is 0.0538. The van der Waals surface area contributed by atoms with Gasteiger partial charge in [0.1, 0.15) is 6.04 Å². The average Bonchev–Trinajstić information content (AvgIpc) is 2.56. The third-order valence-corrected chi connectivity index (χ3v) is 2.91. The molecule has 4 heteroatoms. The standard InChI is InChI=1S/C12H14N2OS/c1-2-6-10-11(15)14(12(16)13-10)9-7-4-3-5-8-9/h3-5,7-8,10H,2,6H2,1H3,(H,13,16)/t10-/m0/s1. The Bertz CT molecular complexity index is 405. The first-order chi connectivity index (χ1) is 7.74. The molecule has 0 spiro atoms. The van der Waals surface area contributed by atoms with E-state index in [4.69, 9.17) is 12.2 Å². The van der Waals surface area contributed by atoms with E-state index in [-0.39, 0.29) is 11.9 Å². The van der Waals surface area contributed by atoms with Crippen molar-refractivity contribution < 1.29 is 4.79 Å². The van der Waals surface area contributed by atoms with Gasteiger partial charge in [-0.1, -0.05) is 31.5 Å². The molecule has 0 radical (unpaired) electrons. The van der Waals surface area contributed by atoms with Gasteiger partial charge in [0.25, 0.3) is 5.91 Å². The number of amides is 1. The number of carbonyl (C=O) groups excluding carboxylic acids is 1. The van der Waals surface area contributed by atoms with Gasteiger partial charge in [0.05, 0.1) is 5.69 Å². The summed E-state index contributed by atoms with van der Waals surface area (Å²) < 4.78 is 0. The smallest absolute Gasteiger partial charge is 0.255 e. The summed E-state index contributed by atoms with van der Waals surface area (Å²) in [5.74, 6) is 0.0538. The molecule has 1 aliphatic heterocycles. The Morgan fingerprint density at radius 1 is 1.38 bits per heavy atom. The molecule has 1 atom stereocenters. The molecule has 1 N–H and O–H groups in total. The lowest BCUT2D eigenvalue weighted by Gasteiger charge is -2.14. The first-order valence-corrected chi connectivity index (χ1v) is 5.84. The first-order valence-electron chi connectivity index (χ1n) is 5.43. The molecule has 1 amide bonds. The van der Waals surface area contributed by atoms with E-state index in [1.54, 1.807) is 4.90 Å². The van der Waals surface area contributed by atoms with Crippen LogP contribution in [-0.4, -0.2) is 17.1 Å². The van der Waals surface area contributed by atoms with Crippen LogP contribution in [0.1, 0.15) is 19.8 Å². The molecule has 0 unspecified atom stereocenters.